The molecular formula is C21H22N2O2. The number of carbonyl (C=O) groups is 1. The maximum Gasteiger partial charge on any atom is 0.266 e. The molecule has 4 nitrogen and oxygen atoms in total. The summed E-state index contributed by atoms with van der Waals surface area (Å²) in [5.41, 5.74) is 4.84. The topological polar surface area (TPSA) is 62.1 Å². The zero-order valence-electron chi connectivity index (χ0n) is 15.0. The first-order valence-electron chi connectivity index (χ1n) is 8.18. The van der Waals surface area contributed by atoms with Gasteiger partial charge in [-0.25, -0.2) is 0 Å². The largest absolute Gasteiger partial charge is 0.494 e. The number of anilines is 1. The van der Waals surface area contributed by atoms with Crippen molar-refractivity contribution < 1.29 is 9.53 Å². The van der Waals surface area contributed by atoms with Gasteiger partial charge >= 0.3 is 0 Å². The van der Waals surface area contributed by atoms with E-state index in [1.54, 1.807) is 30.3 Å². The zero-order valence-corrected chi connectivity index (χ0v) is 15.0. The molecule has 0 fully saturated rings. The minimum Gasteiger partial charge on any atom is -0.494 e. The van der Waals surface area contributed by atoms with Crippen molar-refractivity contribution in [1.29, 1.82) is 5.26 Å². The van der Waals surface area contributed by atoms with Crippen LogP contribution in [0, 0.1) is 32.1 Å². The fourth-order valence-corrected chi connectivity index (χ4v) is 2.71. The second-order valence-corrected chi connectivity index (χ2v) is 5.89. The monoisotopic (exact) mass is 334 g/mol. The van der Waals surface area contributed by atoms with Crippen molar-refractivity contribution in [1.82, 2.24) is 0 Å². The number of nitrogens with one attached hydrogen (secondary N) is 1. The molecule has 1 N–H and O–H groups in total. The molecule has 0 aliphatic carbocycles. The first-order valence-corrected chi connectivity index (χ1v) is 8.18. The van der Waals surface area contributed by atoms with Gasteiger partial charge in [0.1, 0.15) is 17.4 Å². The third-order valence-electron chi connectivity index (χ3n) is 3.81. The summed E-state index contributed by atoms with van der Waals surface area (Å²) in [5, 5.41) is 12.1. The molecule has 0 heterocycles. The van der Waals surface area contributed by atoms with E-state index in [4.69, 9.17) is 4.74 Å². The number of aryl methyl sites for hydroxylation is 3. The van der Waals surface area contributed by atoms with Gasteiger partial charge in [-0.05, 0) is 74.7 Å². The number of nitrogens with zero attached hydrogens (tertiary/aromatic N) is 1. The summed E-state index contributed by atoms with van der Waals surface area (Å²) in [4.78, 5) is 12.4. The third-order valence-corrected chi connectivity index (χ3v) is 3.81. The smallest absolute Gasteiger partial charge is 0.266 e. The molecule has 1 amide bonds. The molecule has 0 radical (unpaired) electrons. The minimum atomic E-state index is -0.425. The van der Waals surface area contributed by atoms with Crippen LogP contribution in [0.1, 0.15) is 29.2 Å². The Balaban J connectivity index is 2.23. The molecule has 0 unspecified atom stereocenters. The van der Waals surface area contributed by atoms with Crippen LogP contribution in [-0.2, 0) is 4.79 Å². The molecule has 2 rings (SSSR count). The van der Waals surface area contributed by atoms with Crippen LogP contribution in [0.25, 0.3) is 6.08 Å². The van der Waals surface area contributed by atoms with Gasteiger partial charge in [-0.3, -0.25) is 4.79 Å². The maximum absolute atomic E-state index is 12.4. The molecule has 0 aliphatic heterocycles. The number of ether oxygens (including phenoxy) is 1. The van der Waals surface area contributed by atoms with E-state index in [-0.39, 0.29) is 5.57 Å². The molecule has 0 saturated carbocycles. The average Bonchev–Trinajstić information content (AvgIpc) is 2.56. The summed E-state index contributed by atoms with van der Waals surface area (Å²) >= 11 is 0. The molecule has 0 bridgehead atoms. The SMILES string of the molecule is CCOc1ccc(NC(=O)/C(C#N)=C\c2c(C)cc(C)cc2C)cc1. The molecule has 0 spiro atoms. The molecule has 25 heavy (non-hydrogen) atoms. The Morgan fingerprint density at radius 1 is 1.16 bits per heavy atom. The van der Waals surface area contributed by atoms with E-state index in [2.05, 4.69) is 5.32 Å². The highest BCUT2D eigenvalue weighted by Crippen LogP contribution is 2.21. The van der Waals surface area contributed by atoms with E-state index in [1.165, 1.54) is 0 Å². The summed E-state index contributed by atoms with van der Waals surface area (Å²) in [6.45, 7) is 8.48. The van der Waals surface area contributed by atoms with Gasteiger partial charge in [0.25, 0.3) is 5.91 Å². The molecule has 0 atom stereocenters. The highest BCUT2D eigenvalue weighted by molar-refractivity contribution is 6.09. The Hall–Kier alpha value is -3.06. The van der Waals surface area contributed by atoms with E-state index in [1.807, 2.05) is 45.9 Å². The second-order valence-electron chi connectivity index (χ2n) is 5.89. The van der Waals surface area contributed by atoms with Gasteiger partial charge in [0.2, 0.25) is 0 Å². The zero-order chi connectivity index (χ0) is 18.4. The highest BCUT2D eigenvalue weighted by Gasteiger charge is 2.11. The van der Waals surface area contributed by atoms with Crippen LogP contribution in [0.4, 0.5) is 5.69 Å². The van der Waals surface area contributed by atoms with E-state index < -0.39 is 5.91 Å². The minimum absolute atomic E-state index is 0.0731. The predicted molar refractivity (Wildman–Crippen MR) is 100 cm³/mol. The van der Waals surface area contributed by atoms with Crippen molar-refractivity contribution in [3.63, 3.8) is 0 Å². The number of hydrogen-bond acceptors (Lipinski definition) is 3. The number of nitriles is 1. The lowest BCUT2D eigenvalue weighted by molar-refractivity contribution is -0.112. The van der Waals surface area contributed by atoms with Crippen LogP contribution in [0.5, 0.6) is 5.75 Å². The summed E-state index contributed by atoms with van der Waals surface area (Å²) in [7, 11) is 0. The molecule has 128 valence electrons. The summed E-state index contributed by atoms with van der Waals surface area (Å²) in [6, 6.07) is 13.1. The fourth-order valence-electron chi connectivity index (χ4n) is 2.71. The van der Waals surface area contributed by atoms with Gasteiger partial charge in [-0.15, -0.1) is 0 Å². The number of hydrogen-bond donors (Lipinski definition) is 1. The fraction of sp³-hybridized carbons (Fsp3) is 0.238. The van der Waals surface area contributed by atoms with Crippen LogP contribution in [0.3, 0.4) is 0 Å². The average molecular weight is 334 g/mol. The Morgan fingerprint density at radius 3 is 2.28 bits per heavy atom. The van der Waals surface area contributed by atoms with Gasteiger partial charge in [-0.2, -0.15) is 5.26 Å². The van der Waals surface area contributed by atoms with Crippen molar-refractivity contribution >= 4 is 17.7 Å². The van der Waals surface area contributed by atoms with E-state index in [0.29, 0.717) is 12.3 Å². The Labute approximate surface area is 148 Å². The Morgan fingerprint density at radius 2 is 1.76 bits per heavy atom. The molecule has 2 aromatic rings. The number of amides is 1. The molecule has 0 aromatic heterocycles. The van der Waals surface area contributed by atoms with Gasteiger partial charge in [0.05, 0.1) is 6.61 Å². The van der Waals surface area contributed by atoms with Gasteiger partial charge in [0, 0.05) is 5.69 Å². The van der Waals surface area contributed by atoms with E-state index in [9.17, 15) is 10.1 Å². The van der Waals surface area contributed by atoms with Crippen LogP contribution in [0.15, 0.2) is 42.0 Å². The summed E-state index contributed by atoms with van der Waals surface area (Å²) in [5.74, 6) is 0.313. The van der Waals surface area contributed by atoms with Gasteiger partial charge < -0.3 is 10.1 Å². The summed E-state index contributed by atoms with van der Waals surface area (Å²) in [6.07, 6.45) is 1.65. The van der Waals surface area contributed by atoms with Crippen molar-refractivity contribution in [2.45, 2.75) is 27.7 Å². The lowest BCUT2D eigenvalue weighted by Crippen LogP contribution is -2.13. The Bertz CT molecular complexity index is 820. The van der Waals surface area contributed by atoms with Gasteiger partial charge in [0.15, 0.2) is 0 Å². The molecule has 0 saturated heterocycles. The summed E-state index contributed by atoms with van der Waals surface area (Å²) < 4.78 is 5.37. The van der Waals surface area contributed by atoms with Crippen LogP contribution >= 0.6 is 0 Å². The molecule has 2 aromatic carbocycles. The first kappa shape index (κ1) is 18.3. The van der Waals surface area contributed by atoms with Crippen LogP contribution in [0.2, 0.25) is 0 Å². The van der Waals surface area contributed by atoms with Gasteiger partial charge in [-0.1, -0.05) is 17.7 Å². The van der Waals surface area contributed by atoms with Crippen molar-refractivity contribution in [3.8, 4) is 11.8 Å². The maximum atomic E-state index is 12.4. The molecule has 0 aliphatic rings. The lowest BCUT2D eigenvalue weighted by Gasteiger charge is -2.09. The van der Waals surface area contributed by atoms with Crippen molar-refractivity contribution in [2.24, 2.45) is 0 Å². The van der Waals surface area contributed by atoms with Crippen LogP contribution < -0.4 is 10.1 Å². The number of benzene rings is 2. The van der Waals surface area contributed by atoms with Crippen molar-refractivity contribution in [2.75, 3.05) is 11.9 Å². The van der Waals surface area contributed by atoms with Crippen molar-refractivity contribution in [3.05, 3.63) is 64.2 Å². The first-order chi connectivity index (χ1) is 11.9. The predicted octanol–water partition coefficient (Wildman–Crippen LogP) is 4.56. The second kappa shape index (κ2) is 8.16. The quantitative estimate of drug-likeness (QED) is 0.644. The van der Waals surface area contributed by atoms with E-state index >= 15 is 0 Å². The molecule has 4 heteroatoms. The third kappa shape index (κ3) is 4.71. The number of rotatable bonds is 5. The number of carbonyl (C=O) groups excluding carboxylic acids is 1. The highest BCUT2D eigenvalue weighted by atomic mass is 16.5. The molecular weight excluding hydrogens is 312 g/mol. The Kier molecular flexibility index (Phi) is 5.97. The van der Waals surface area contributed by atoms with E-state index in [0.717, 1.165) is 28.0 Å². The van der Waals surface area contributed by atoms with Crippen LogP contribution in [-0.4, -0.2) is 12.5 Å². The normalized spacial score (nSPS) is 10.9. The lowest BCUT2D eigenvalue weighted by atomic mass is 9.98. The standard InChI is InChI=1S/C21H22N2O2/c1-5-25-19-8-6-18(7-9-19)23-21(24)17(13-22)12-20-15(3)10-14(2)11-16(20)4/h6-12H,5H2,1-4H3,(H,23,24)/b17-12-.